The number of benzene rings is 1. The highest BCUT2D eigenvalue weighted by molar-refractivity contribution is 14.1. The van der Waals surface area contributed by atoms with Crippen molar-refractivity contribution in [2.75, 3.05) is 0 Å². The number of aliphatic carboxylic acids is 1. The van der Waals surface area contributed by atoms with Crippen LogP contribution in [-0.4, -0.2) is 22.0 Å². The molecule has 20 heavy (non-hydrogen) atoms. The van der Waals surface area contributed by atoms with Gasteiger partial charge in [-0.15, -0.1) is 0 Å². The number of hydrogen-bond donors (Lipinski definition) is 2. The Morgan fingerprint density at radius 1 is 1.50 bits per heavy atom. The molecule has 0 aliphatic rings. The van der Waals surface area contributed by atoms with Crippen molar-refractivity contribution < 1.29 is 14.8 Å². The van der Waals surface area contributed by atoms with Crippen LogP contribution in [0.3, 0.4) is 0 Å². The minimum absolute atomic E-state index is 0.0223. The predicted molar refractivity (Wildman–Crippen MR) is 83.6 cm³/mol. The maximum absolute atomic E-state index is 11.1. The van der Waals surface area contributed by atoms with Crippen molar-refractivity contribution in [2.24, 2.45) is 0 Å². The summed E-state index contributed by atoms with van der Waals surface area (Å²) in [7, 11) is 0. The molecule has 6 nitrogen and oxygen atoms in total. The third kappa shape index (κ3) is 5.41. The predicted octanol–water partition coefficient (Wildman–Crippen LogP) is 2.93. The monoisotopic (exact) mass is 392 g/mol. The number of nitro benzene ring substituents is 1. The van der Waals surface area contributed by atoms with Crippen LogP contribution in [0.5, 0.6) is 0 Å². The molecule has 0 spiro atoms. The molecule has 1 unspecified atom stereocenters. The molecular formula is C13H17IN2O4. The van der Waals surface area contributed by atoms with Crippen LogP contribution in [0.1, 0.15) is 31.7 Å². The van der Waals surface area contributed by atoms with E-state index < -0.39 is 16.9 Å². The number of unbranched alkanes of at least 4 members (excludes halogenated alkanes) is 1. The molecule has 1 aromatic carbocycles. The Labute approximate surface area is 130 Å². The van der Waals surface area contributed by atoms with Crippen molar-refractivity contribution in [3.63, 3.8) is 0 Å². The summed E-state index contributed by atoms with van der Waals surface area (Å²) in [6.45, 7) is 2.31. The van der Waals surface area contributed by atoms with Crippen molar-refractivity contribution in [1.82, 2.24) is 5.32 Å². The minimum atomic E-state index is -0.890. The van der Waals surface area contributed by atoms with E-state index >= 15 is 0 Å². The van der Waals surface area contributed by atoms with Gasteiger partial charge in [0.05, 0.1) is 4.92 Å². The molecule has 0 fully saturated rings. The maximum atomic E-state index is 11.1. The van der Waals surface area contributed by atoms with Gasteiger partial charge >= 0.3 is 5.97 Å². The van der Waals surface area contributed by atoms with Crippen molar-refractivity contribution in [3.05, 3.63) is 37.4 Å². The van der Waals surface area contributed by atoms with E-state index in [9.17, 15) is 14.9 Å². The fourth-order valence-electron chi connectivity index (χ4n) is 1.80. The third-order valence-electron chi connectivity index (χ3n) is 2.85. The van der Waals surface area contributed by atoms with Crippen LogP contribution in [0.25, 0.3) is 0 Å². The molecule has 110 valence electrons. The number of carbonyl (C=O) groups is 1. The lowest BCUT2D eigenvalue weighted by molar-refractivity contribution is -0.385. The Bertz CT molecular complexity index is 493. The number of nitrogens with one attached hydrogen (secondary N) is 1. The summed E-state index contributed by atoms with van der Waals surface area (Å²) in [5.41, 5.74) is 0.737. The Morgan fingerprint density at radius 2 is 2.20 bits per heavy atom. The number of hydrogen-bond acceptors (Lipinski definition) is 4. The molecule has 0 heterocycles. The fraction of sp³-hybridized carbons (Fsp3) is 0.462. The van der Waals surface area contributed by atoms with E-state index in [1.54, 1.807) is 6.07 Å². The van der Waals surface area contributed by atoms with Crippen LogP contribution in [0, 0.1) is 13.7 Å². The van der Waals surface area contributed by atoms with E-state index in [-0.39, 0.29) is 5.69 Å². The van der Waals surface area contributed by atoms with Gasteiger partial charge in [0.15, 0.2) is 0 Å². The quantitative estimate of drug-likeness (QED) is 0.403. The summed E-state index contributed by atoms with van der Waals surface area (Å²) in [6.07, 6.45) is 2.31. The summed E-state index contributed by atoms with van der Waals surface area (Å²) in [5, 5.41) is 22.8. The summed E-state index contributed by atoms with van der Waals surface area (Å²) >= 11 is 2.01. The van der Waals surface area contributed by atoms with E-state index in [0.717, 1.165) is 16.4 Å². The van der Waals surface area contributed by atoms with Gasteiger partial charge in [0.1, 0.15) is 6.04 Å². The number of carboxylic acids is 1. The van der Waals surface area contributed by atoms with Crippen molar-refractivity contribution in [3.8, 4) is 0 Å². The van der Waals surface area contributed by atoms with Crippen LogP contribution in [0.4, 0.5) is 5.69 Å². The highest BCUT2D eigenvalue weighted by atomic mass is 127. The largest absolute Gasteiger partial charge is 0.480 e. The van der Waals surface area contributed by atoms with Gasteiger partial charge in [0.2, 0.25) is 0 Å². The average molecular weight is 392 g/mol. The lowest BCUT2D eigenvalue weighted by Crippen LogP contribution is -2.36. The molecule has 0 amide bonds. The third-order valence-corrected chi connectivity index (χ3v) is 3.47. The maximum Gasteiger partial charge on any atom is 0.320 e. The van der Waals surface area contributed by atoms with Crippen molar-refractivity contribution in [2.45, 2.75) is 38.8 Å². The Kier molecular flexibility index (Phi) is 6.86. The van der Waals surface area contributed by atoms with E-state index in [1.807, 2.05) is 29.5 Å². The molecule has 1 aromatic rings. The summed E-state index contributed by atoms with van der Waals surface area (Å²) in [5.74, 6) is -0.890. The van der Waals surface area contributed by atoms with Gasteiger partial charge < -0.3 is 10.4 Å². The molecule has 0 aliphatic carbocycles. The smallest absolute Gasteiger partial charge is 0.320 e. The van der Waals surface area contributed by atoms with Crippen molar-refractivity contribution in [1.29, 1.82) is 0 Å². The number of carboxylic acid groups (broad SMARTS) is 1. The topological polar surface area (TPSA) is 92.5 Å². The molecular weight excluding hydrogens is 375 g/mol. The number of rotatable bonds is 8. The second kappa shape index (κ2) is 8.15. The van der Waals surface area contributed by atoms with Crippen LogP contribution in [0.15, 0.2) is 18.2 Å². The molecule has 0 radical (unpaired) electrons. The normalized spacial score (nSPS) is 12.1. The molecule has 1 rings (SSSR count). The summed E-state index contributed by atoms with van der Waals surface area (Å²) in [4.78, 5) is 21.4. The van der Waals surface area contributed by atoms with E-state index in [2.05, 4.69) is 5.32 Å². The molecule has 0 bridgehead atoms. The lowest BCUT2D eigenvalue weighted by Gasteiger charge is -2.14. The number of nitro groups is 1. The standard InChI is InChI=1S/C13H17IN2O4/c1-2-3-4-12(13(17)18)15-8-9-5-10(14)7-11(6-9)16(19)20/h5-7,12,15H,2-4,8H2,1H3,(H,17,18). The number of nitrogens with zero attached hydrogens (tertiary/aromatic N) is 1. The summed E-state index contributed by atoms with van der Waals surface area (Å²) in [6, 6.07) is 4.13. The van der Waals surface area contributed by atoms with Gasteiger partial charge in [-0.25, -0.2) is 0 Å². The Hall–Kier alpha value is -1.22. The lowest BCUT2D eigenvalue weighted by atomic mass is 10.1. The van der Waals surface area contributed by atoms with Crippen molar-refractivity contribution >= 4 is 34.2 Å². The zero-order chi connectivity index (χ0) is 15.1. The highest BCUT2D eigenvalue weighted by Crippen LogP contribution is 2.18. The van der Waals surface area contributed by atoms with Crippen LogP contribution >= 0.6 is 22.6 Å². The van der Waals surface area contributed by atoms with Gasteiger partial charge in [-0.3, -0.25) is 14.9 Å². The first-order valence-electron chi connectivity index (χ1n) is 6.34. The second-order valence-corrected chi connectivity index (χ2v) is 5.73. The van der Waals surface area contributed by atoms with E-state index in [4.69, 9.17) is 5.11 Å². The van der Waals surface area contributed by atoms with Gasteiger partial charge in [-0.2, -0.15) is 0 Å². The Morgan fingerprint density at radius 3 is 2.75 bits per heavy atom. The number of halogens is 1. The second-order valence-electron chi connectivity index (χ2n) is 4.49. The molecule has 0 aromatic heterocycles. The van der Waals surface area contributed by atoms with E-state index in [0.29, 0.717) is 18.5 Å². The molecule has 1 atom stereocenters. The minimum Gasteiger partial charge on any atom is -0.480 e. The first kappa shape index (κ1) is 16.8. The molecule has 2 N–H and O–H groups in total. The average Bonchev–Trinajstić information content (AvgIpc) is 2.37. The van der Waals surface area contributed by atoms with Gasteiger partial charge in [0.25, 0.3) is 5.69 Å². The molecule has 0 saturated carbocycles. The zero-order valence-corrected chi connectivity index (χ0v) is 13.3. The van der Waals surface area contributed by atoms with E-state index in [1.165, 1.54) is 12.1 Å². The SMILES string of the molecule is CCCCC(NCc1cc(I)cc([N+](=O)[O-])c1)C(=O)O. The van der Waals surface area contributed by atoms with Gasteiger partial charge in [0, 0.05) is 22.2 Å². The molecule has 0 aliphatic heterocycles. The molecule has 7 heteroatoms. The number of non-ortho nitro benzene ring substituents is 1. The Balaban J connectivity index is 2.72. The van der Waals surface area contributed by atoms with Crippen LogP contribution < -0.4 is 5.32 Å². The first-order chi connectivity index (χ1) is 9.43. The van der Waals surface area contributed by atoms with Gasteiger partial charge in [-0.05, 0) is 40.6 Å². The zero-order valence-electron chi connectivity index (χ0n) is 11.1. The van der Waals surface area contributed by atoms with Crippen LogP contribution in [0.2, 0.25) is 0 Å². The van der Waals surface area contributed by atoms with Gasteiger partial charge in [-0.1, -0.05) is 19.8 Å². The fourth-order valence-corrected chi connectivity index (χ4v) is 2.52. The first-order valence-corrected chi connectivity index (χ1v) is 7.42. The van der Waals surface area contributed by atoms with Crippen LogP contribution in [-0.2, 0) is 11.3 Å². The summed E-state index contributed by atoms with van der Waals surface area (Å²) < 4.78 is 0.758. The molecule has 0 saturated heterocycles. The highest BCUT2D eigenvalue weighted by Gasteiger charge is 2.16.